The molecule has 6 nitrogen and oxygen atoms in total. The number of nitrogens with one attached hydrogen (secondary N) is 1. The number of carbonyl (C=O) groups excluding carboxylic acids is 1. The smallest absolute Gasteiger partial charge is 0.237 e. The van der Waals surface area contributed by atoms with Crippen LogP contribution in [0.5, 0.6) is 0 Å². The first-order chi connectivity index (χ1) is 9.56. The average molecular weight is 285 g/mol. The summed E-state index contributed by atoms with van der Waals surface area (Å²) in [7, 11) is 5.28. The first kappa shape index (κ1) is 15.7. The summed E-state index contributed by atoms with van der Waals surface area (Å²) in [6.45, 7) is 1.72. The molecule has 1 aliphatic heterocycles. The fourth-order valence-corrected chi connectivity index (χ4v) is 3.65. The number of hydrogen-bond acceptors (Lipinski definition) is 5. The van der Waals surface area contributed by atoms with Crippen molar-refractivity contribution < 1.29 is 14.3 Å². The molecule has 116 valence electrons. The Hall–Kier alpha value is -0.690. The highest BCUT2D eigenvalue weighted by atomic mass is 16.5. The molecule has 4 atom stereocenters. The van der Waals surface area contributed by atoms with Gasteiger partial charge in [0.2, 0.25) is 5.91 Å². The van der Waals surface area contributed by atoms with Crippen LogP contribution in [-0.4, -0.2) is 69.0 Å². The van der Waals surface area contributed by atoms with Gasteiger partial charge in [0, 0.05) is 33.4 Å². The van der Waals surface area contributed by atoms with E-state index in [1.54, 1.807) is 14.2 Å². The summed E-state index contributed by atoms with van der Waals surface area (Å²) in [4.78, 5) is 14.2. The SMILES string of the molecule is CNC1(C(N)=O)CCCC(N2CC(OC)C(OC)C2)C1. The fraction of sp³-hybridized carbons (Fsp3) is 0.929. The zero-order chi connectivity index (χ0) is 14.8. The molecule has 1 saturated carbocycles. The summed E-state index contributed by atoms with van der Waals surface area (Å²) in [6.07, 6.45) is 3.93. The molecular formula is C14H27N3O3. The van der Waals surface area contributed by atoms with Crippen molar-refractivity contribution in [2.24, 2.45) is 5.73 Å². The Morgan fingerprint density at radius 2 is 1.90 bits per heavy atom. The lowest BCUT2D eigenvalue weighted by Crippen LogP contribution is -2.59. The van der Waals surface area contributed by atoms with E-state index in [1.165, 1.54) is 0 Å². The van der Waals surface area contributed by atoms with E-state index in [9.17, 15) is 4.79 Å². The first-order valence-electron chi connectivity index (χ1n) is 7.34. The van der Waals surface area contributed by atoms with Gasteiger partial charge in [-0.1, -0.05) is 0 Å². The van der Waals surface area contributed by atoms with Crippen LogP contribution in [0, 0.1) is 0 Å². The highest BCUT2D eigenvalue weighted by Gasteiger charge is 2.44. The normalized spacial score (nSPS) is 39.0. The number of amides is 1. The lowest BCUT2D eigenvalue weighted by Gasteiger charge is -2.41. The van der Waals surface area contributed by atoms with Crippen LogP contribution in [0.4, 0.5) is 0 Å². The van der Waals surface area contributed by atoms with Crippen LogP contribution in [-0.2, 0) is 14.3 Å². The van der Waals surface area contributed by atoms with Crippen molar-refractivity contribution in [3.8, 4) is 0 Å². The number of likely N-dealkylation sites (tertiary alicyclic amines) is 1. The molecule has 0 spiro atoms. The van der Waals surface area contributed by atoms with Crippen LogP contribution >= 0.6 is 0 Å². The van der Waals surface area contributed by atoms with Crippen LogP contribution in [0.1, 0.15) is 25.7 Å². The largest absolute Gasteiger partial charge is 0.377 e. The molecule has 1 saturated heterocycles. The molecule has 1 heterocycles. The highest BCUT2D eigenvalue weighted by Crippen LogP contribution is 2.33. The number of rotatable bonds is 5. The summed E-state index contributed by atoms with van der Waals surface area (Å²) in [5, 5.41) is 3.16. The van der Waals surface area contributed by atoms with Crippen molar-refractivity contribution >= 4 is 5.91 Å². The first-order valence-corrected chi connectivity index (χ1v) is 7.34. The molecule has 1 amide bonds. The van der Waals surface area contributed by atoms with E-state index in [1.807, 2.05) is 7.05 Å². The Morgan fingerprint density at radius 3 is 2.35 bits per heavy atom. The van der Waals surface area contributed by atoms with Gasteiger partial charge in [-0.25, -0.2) is 0 Å². The van der Waals surface area contributed by atoms with Gasteiger partial charge < -0.3 is 20.5 Å². The number of hydrogen-bond donors (Lipinski definition) is 2. The highest BCUT2D eigenvalue weighted by molar-refractivity contribution is 5.84. The van der Waals surface area contributed by atoms with E-state index in [0.29, 0.717) is 6.04 Å². The van der Waals surface area contributed by atoms with Crippen molar-refractivity contribution in [2.45, 2.75) is 49.5 Å². The van der Waals surface area contributed by atoms with Crippen molar-refractivity contribution in [3.05, 3.63) is 0 Å². The minimum Gasteiger partial charge on any atom is -0.377 e. The molecule has 6 heteroatoms. The number of methoxy groups -OCH3 is 2. The number of likely N-dealkylation sites (N-methyl/N-ethyl adjacent to an activating group) is 1. The van der Waals surface area contributed by atoms with Gasteiger partial charge in [0.15, 0.2) is 0 Å². The maximum atomic E-state index is 11.8. The minimum atomic E-state index is -0.559. The monoisotopic (exact) mass is 285 g/mol. The Balaban J connectivity index is 2.04. The maximum absolute atomic E-state index is 11.8. The number of nitrogens with two attached hydrogens (primary N) is 1. The van der Waals surface area contributed by atoms with Gasteiger partial charge >= 0.3 is 0 Å². The number of carbonyl (C=O) groups is 1. The predicted molar refractivity (Wildman–Crippen MR) is 76.4 cm³/mol. The fourth-order valence-electron chi connectivity index (χ4n) is 3.65. The van der Waals surface area contributed by atoms with Gasteiger partial charge in [-0.05, 0) is 32.7 Å². The van der Waals surface area contributed by atoms with Crippen LogP contribution in [0.25, 0.3) is 0 Å². The van der Waals surface area contributed by atoms with Crippen LogP contribution in [0.2, 0.25) is 0 Å². The number of nitrogens with zero attached hydrogens (tertiary/aromatic N) is 1. The molecule has 20 heavy (non-hydrogen) atoms. The zero-order valence-electron chi connectivity index (χ0n) is 12.7. The van der Waals surface area contributed by atoms with E-state index < -0.39 is 5.54 Å². The molecule has 1 aliphatic carbocycles. The second kappa shape index (κ2) is 6.39. The van der Waals surface area contributed by atoms with E-state index >= 15 is 0 Å². The second-order valence-corrected chi connectivity index (χ2v) is 5.95. The third kappa shape index (κ3) is 2.83. The number of primary amides is 1. The van der Waals surface area contributed by atoms with Crippen LogP contribution < -0.4 is 11.1 Å². The zero-order valence-corrected chi connectivity index (χ0v) is 12.7. The molecule has 4 unspecified atom stereocenters. The Labute approximate surface area is 121 Å². The molecule has 0 bridgehead atoms. The summed E-state index contributed by atoms with van der Waals surface area (Å²) < 4.78 is 11.0. The molecule has 0 aromatic carbocycles. The average Bonchev–Trinajstić information content (AvgIpc) is 2.90. The minimum absolute atomic E-state index is 0.111. The quantitative estimate of drug-likeness (QED) is 0.726. The van der Waals surface area contributed by atoms with Gasteiger partial charge in [-0.2, -0.15) is 0 Å². The maximum Gasteiger partial charge on any atom is 0.237 e. The summed E-state index contributed by atoms with van der Waals surface area (Å²) in [5.74, 6) is -0.240. The predicted octanol–water partition coefficient (Wildman–Crippen LogP) is -0.282. The van der Waals surface area contributed by atoms with E-state index in [4.69, 9.17) is 15.2 Å². The third-order valence-corrected chi connectivity index (χ3v) is 5.04. The Kier molecular flexibility index (Phi) is 5.01. The Bertz CT molecular complexity index is 341. The van der Waals surface area contributed by atoms with Gasteiger partial charge in [-0.3, -0.25) is 9.69 Å². The standard InChI is InChI=1S/C14H27N3O3/c1-16-14(13(15)18)6-4-5-10(7-14)17-8-11(19-2)12(9-17)20-3/h10-12,16H,4-9H2,1-3H3,(H2,15,18). The molecule has 0 aromatic rings. The van der Waals surface area contributed by atoms with Crippen molar-refractivity contribution in [1.29, 1.82) is 0 Å². The van der Waals surface area contributed by atoms with Gasteiger partial charge in [0.25, 0.3) is 0 Å². The van der Waals surface area contributed by atoms with E-state index in [0.717, 1.165) is 38.8 Å². The molecule has 0 radical (unpaired) electrons. The van der Waals surface area contributed by atoms with Gasteiger partial charge in [0.1, 0.15) is 0 Å². The molecule has 3 N–H and O–H groups in total. The molecule has 2 aliphatic rings. The molecule has 0 aromatic heterocycles. The number of ether oxygens (including phenoxy) is 2. The van der Waals surface area contributed by atoms with Crippen molar-refractivity contribution in [3.63, 3.8) is 0 Å². The van der Waals surface area contributed by atoms with E-state index in [2.05, 4.69) is 10.2 Å². The third-order valence-electron chi connectivity index (χ3n) is 5.04. The van der Waals surface area contributed by atoms with Crippen LogP contribution in [0.3, 0.4) is 0 Å². The van der Waals surface area contributed by atoms with Crippen molar-refractivity contribution in [1.82, 2.24) is 10.2 Å². The summed E-state index contributed by atoms with van der Waals surface area (Å²) in [5.41, 5.74) is 5.05. The lowest BCUT2D eigenvalue weighted by molar-refractivity contribution is -0.126. The second-order valence-electron chi connectivity index (χ2n) is 5.95. The van der Waals surface area contributed by atoms with E-state index in [-0.39, 0.29) is 18.1 Å². The van der Waals surface area contributed by atoms with Gasteiger partial charge in [0.05, 0.1) is 17.7 Å². The van der Waals surface area contributed by atoms with Gasteiger partial charge in [-0.15, -0.1) is 0 Å². The molecule has 2 fully saturated rings. The molecular weight excluding hydrogens is 258 g/mol. The molecule has 2 rings (SSSR count). The summed E-state index contributed by atoms with van der Waals surface area (Å²) in [6, 6.07) is 0.362. The lowest BCUT2D eigenvalue weighted by atomic mass is 9.78. The van der Waals surface area contributed by atoms with Crippen molar-refractivity contribution in [2.75, 3.05) is 34.4 Å². The Morgan fingerprint density at radius 1 is 1.30 bits per heavy atom. The topological polar surface area (TPSA) is 76.8 Å². The summed E-state index contributed by atoms with van der Waals surface area (Å²) >= 11 is 0. The van der Waals surface area contributed by atoms with Crippen LogP contribution in [0.15, 0.2) is 0 Å².